The number of amides is 1. The number of benzene rings is 1. The summed E-state index contributed by atoms with van der Waals surface area (Å²) in [5.74, 6) is -2.23. The molecule has 0 saturated heterocycles. The minimum atomic E-state index is -0.808. The third kappa shape index (κ3) is 3.79. The maximum absolute atomic E-state index is 13.9. The molecule has 0 heterocycles. The first-order valence-electron chi connectivity index (χ1n) is 7.51. The molecule has 2 N–H and O–H groups in total. The van der Waals surface area contributed by atoms with Gasteiger partial charge in [-0.05, 0) is 50.8 Å². The van der Waals surface area contributed by atoms with Gasteiger partial charge in [0.2, 0.25) is 0 Å². The van der Waals surface area contributed by atoms with Crippen molar-refractivity contribution in [2.45, 2.75) is 51.6 Å². The van der Waals surface area contributed by atoms with Gasteiger partial charge in [0.1, 0.15) is 17.2 Å². The third-order valence-corrected chi connectivity index (χ3v) is 4.07. The van der Waals surface area contributed by atoms with Crippen molar-refractivity contribution in [3.8, 4) is 0 Å². The van der Waals surface area contributed by atoms with Crippen LogP contribution in [0, 0.1) is 18.6 Å². The van der Waals surface area contributed by atoms with Crippen molar-refractivity contribution in [3.63, 3.8) is 0 Å². The highest BCUT2D eigenvalue weighted by Gasteiger charge is 2.25. The van der Waals surface area contributed by atoms with Gasteiger partial charge in [-0.2, -0.15) is 0 Å². The Hall–Kier alpha value is -1.49. The van der Waals surface area contributed by atoms with E-state index in [2.05, 4.69) is 17.6 Å². The van der Waals surface area contributed by atoms with Gasteiger partial charge in [0.15, 0.2) is 0 Å². The maximum atomic E-state index is 13.9. The summed E-state index contributed by atoms with van der Waals surface area (Å²) in [4.78, 5) is 12.1. The molecule has 0 unspecified atom stereocenters. The summed E-state index contributed by atoms with van der Waals surface area (Å²) < 4.78 is 27.6. The van der Waals surface area contributed by atoms with E-state index in [1.165, 1.54) is 13.0 Å². The van der Waals surface area contributed by atoms with Gasteiger partial charge in [-0.3, -0.25) is 4.79 Å². The van der Waals surface area contributed by atoms with Crippen molar-refractivity contribution >= 4 is 5.91 Å². The van der Waals surface area contributed by atoms with Crippen LogP contribution in [0.1, 0.15) is 48.5 Å². The van der Waals surface area contributed by atoms with Crippen LogP contribution in [0.4, 0.5) is 8.78 Å². The van der Waals surface area contributed by atoms with Crippen LogP contribution in [0.5, 0.6) is 0 Å². The minimum absolute atomic E-state index is 0.00767. The van der Waals surface area contributed by atoms with Gasteiger partial charge >= 0.3 is 0 Å². The van der Waals surface area contributed by atoms with E-state index in [1.54, 1.807) is 0 Å². The van der Waals surface area contributed by atoms with Gasteiger partial charge in [-0.15, -0.1) is 0 Å². The smallest absolute Gasteiger partial charge is 0.257 e. The molecule has 0 aliphatic heterocycles. The number of nitrogens with one attached hydrogen (secondary N) is 2. The number of carbonyl (C=O) groups excluding carboxylic acids is 1. The lowest BCUT2D eigenvalue weighted by atomic mass is 9.91. The van der Waals surface area contributed by atoms with Crippen LogP contribution in [0.2, 0.25) is 0 Å². The predicted octanol–water partition coefficient (Wildman–Crippen LogP) is 2.92. The van der Waals surface area contributed by atoms with E-state index in [1.807, 2.05) is 0 Å². The van der Waals surface area contributed by atoms with E-state index in [-0.39, 0.29) is 11.6 Å². The largest absolute Gasteiger partial charge is 0.349 e. The number of hydrogen-bond acceptors (Lipinski definition) is 2. The number of carbonyl (C=O) groups is 1. The molecular weight excluding hydrogens is 274 g/mol. The normalized spacial score (nSPS) is 22.1. The number of aryl methyl sites for hydroxylation is 1. The first-order chi connectivity index (χ1) is 10.0. The first-order valence-corrected chi connectivity index (χ1v) is 7.51. The lowest BCUT2D eigenvalue weighted by Crippen LogP contribution is -2.42. The molecular formula is C16H22F2N2O. The average Bonchev–Trinajstić information content (AvgIpc) is 2.46. The predicted molar refractivity (Wildman–Crippen MR) is 78.3 cm³/mol. The van der Waals surface area contributed by atoms with Crippen molar-refractivity contribution in [2.24, 2.45) is 0 Å². The van der Waals surface area contributed by atoms with E-state index < -0.39 is 23.1 Å². The molecule has 1 aromatic rings. The molecule has 21 heavy (non-hydrogen) atoms. The summed E-state index contributed by atoms with van der Waals surface area (Å²) in [7, 11) is 0. The highest BCUT2D eigenvalue weighted by molar-refractivity contribution is 5.95. The average molecular weight is 296 g/mol. The van der Waals surface area contributed by atoms with E-state index in [0.29, 0.717) is 6.04 Å². The lowest BCUT2D eigenvalue weighted by Gasteiger charge is -2.29. The Bertz CT molecular complexity index is 511. The van der Waals surface area contributed by atoms with Crippen molar-refractivity contribution in [3.05, 3.63) is 34.9 Å². The number of halogens is 2. The highest BCUT2D eigenvalue weighted by atomic mass is 19.1. The fraction of sp³-hybridized carbons (Fsp3) is 0.562. The Morgan fingerprint density at radius 2 is 1.81 bits per heavy atom. The van der Waals surface area contributed by atoms with Gasteiger partial charge in [0.25, 0.3) is 5.91 Å². The van der Waals surface area contributed by atoms with E-state index in [0.717, 1.165) is 38.3 Å². The molecule has 1 aliphatic carbocycles. The highest BCUT2D eigenvalue weighted by Crippen LogP contribution is 2.21. The van der Waals surface area contributed by atoms with E-state index >= 15 is 0 Å². The third-order valence-electron chi connectivity index (χ3n) is 4.07. The molecule has 0 atom stereocenters. The van der Waals surface area contributed by atoms with Gasteiger partial charge in [-0.25, -0.2) is 8.78 Å². The summed E-state index contributed by atoms with van der Waals surface area (Å²) in [6.45, 7) is 4.52. The Balaban J connectivity index is 1.99. The van der Waals surface area contributed by atoms with Crippen molar-refractivity contribution in [1.82, 2.24) is 10.6 Å². The Kier molecular flexibility index (Phi) is 5.28. The molecule has 116 valence electrons. The fourth-order valence-electron chi connectivity index (χ4n) is 2.85. The zero-order chi connectivity index (χ0) is 15.4. The standard InChI is InChI=1S/C16H22F2N2O/c1-3-19-11-5-7-12(8-6-11)20-16(21)14-13(17)9-4-10(2)15(14)18/h4,9,11-12,19H,3,5-8H2,1-2H3,(H,20,21). The minimum Gasteiger partial charge on any atom is -0.349 e. The Labute approximate surface area is 124 Å². The fourth-order valence-corrected chi connectivity index (χ4v) is 2.85. The molecule has 1 aromatic carbocycles. The van der Waals surface area contributed by atoms with E-state index in [9.17, 15) is 13.6 Å². The molecule has 1 saturated carbocycles. The molecule has 0 spiro atoms. The molecule has 1 amide bonds. The van der Waals surface area contributed by atoms with Crippen LogP contribution in [-0.4, -0.2) is 24.5 Å². The second-order valence-electron chi connectivity index (χ2n) is 5.63. The van der Waals surface area contributed by atoms with Crippen LogP contribution in [0.25, 0.3) is 0 Å². The second kappa shape index (κ2) is 6.98. The van der Waals surface area contributed by atoms with Crippen LogP contribution in [0.15, 0.2) is 12.1 Å². The topological polar surface area (TPSA) is 41.1 Å². The SMILES string of the molecule is CCNC1CCC(NC(=O)c2c(F)ccc(C)c2F)CC1. The van der Waals surface area contributed by atoms with Crippen LogP contribution in [-0.2, 0) is 0 Å². The zero-order valence-corrected chi connectivity index (χ0v) is 12.5. The van der Waals surface area contributed by atoms with Crippen LogP contribution >= 0.6 is 0 Å². The molecule has 1 fully saturated rings. The van der Waals surface area contributed by atoms with Gasteiger partial charge in [0.05, 0.1) is 0 Å². The lowest BCUT2D eigenvalue weighted by molar-refractivity contribution is 0.0915. The molecule has 5 heteroatoms. The summed E-state index contributed by atoms with van der Waals surface area (Å²) in [5, 5.41) is 6.14. The van der Waals surface area contributed by atoms with Crippen molar-refractivity contribution < 1.29 is 13.6 Å². The van der Waals surface area contributed by atoms with Gasteiger partial charge < -0.3 is 10.6 Å². The molecule has 0 bridgehead atoms. The van der Waals surface area contributed by atoms with E-state index in [4.69, 9.17) is 0 Å². The summed E-state index contributed by atoms with van der Waals surface area (Å²) in [6, 6.07) is 2.95. The summed E-state index contributed by atoms with van der Waals surface area (Å²) in [6.07, 6.45) is 3.60. The quantitative estimate of drug-likeness (QED) is 0.897. The van der Waals surface area contributed by atoms with Crippen molar-refractivity contribution in [1.29, 1.82) is 0 Å². The van der Waals surface area contributed by atoms with Gasteiger partial charge in [-0.1, -0.05) is 13.0 Å². The van der Waals surface area contributed by atoms with Gasteiger partial charge in [0, 0.05) is 12.1 Å². The molecule has 2 rings (SSSR count). The molecule has 3 nitrogen and oxygen atoms in total. The Morgan fingerprint density at radius 1 is 1.19 bits per heavy atom. The Morgan fingerprint density at radius 3 is 2.43 bits per heavy atom. The molecule has 0 radical (unpaired) electrons. The second-order valence-corrected chi connectivity index (χ2v) is 5.63. The number of hydrogen-bond donors (Lipinski definition) is 2. The molecule has 0 aromatic heterocycles. The summed E-state index contributed by atoms with van der Waals surface area (Å²) >= 11 is 0. The zero-order valence-electron chi connectivity index (χ0n) is 12.5. The van der Waals surface area contributed by atoms with Crippen molar-refractivity contribution in [2.75, 3.05) is 6.54 Å². The van der Waals surface area contributed by atoms with Crippen LogP contribution < -0.4 is 10.6 Å². The maximum Gasteiger partial charge on any atom is 0.257 e. The summed E-state index contributed by atoms with van der Waals surface area (Å²) in [5.41, 5.74) is -0.193. The van der Waals surface area contributed by atoms with Crippen LogP contribution in [0.3, 0.4) is 0 Å². The monoisotopic (exact) mass is 296 g/mol. The number of rotatable bonds is 4. The molecule has 1 aliphatic rings. The first kappa shape index (κ1) is 15.9.